The van der Waals surface area contributed by atoms with Crippen molar-refractivity contribution in [1.29, 1.82) is 0 Å². The molecule has 0 bridgehead atoms. The van der Waals surface area contributed by atoms with Crippen LogP contribution >= 0.6 is 23.4 Å². The first-order valence-corrected chi connectivity index (χ1v) is 7.92. The molecule has 0 radical (unpaired) electrons. The standard InChI is InChI=1S/C16H16ClF2NS/c1-2-7-20-10-11-8-13(18)16(14(19)9-11)21-15-6-4-3-5-12(15)17/h3-6,8-9,20H,2,7,10H2,1H3. The Balaban J connectivity index is 2.19. The number of hydrogen-bond donors (Lipinski definition) is 1. The minimum atomic E-state index is -0.562. The van der Waals surface area contributed by atoms with Crippen molar-refractivity contribution in [3.63, 3.8) is 0 Å². The van der Waals surface area contributed by atoms with Gasteiger partial charge in [0.15, 0.2) is 0 Å². The SMILES string of the molecule is CCCNCc1cc(F)c(Sc2ccccc2Cl)c(F)c1. The van der Waals surface area contributed by atoms with Crippen LogP contribution in [0, 0.1) is 11.6 Å². The highest BCUT2D eigenvalue weighted by atomic mass is 35.5. The highest BCUT2D eigenvalue weighted by molar-refractivity contribution is 7.99. The molecule has 0 fully saturated rings. The Morgan fingerprint density at radius 3 is 2.43 bits per heavy atom. The maximum atomic E-state index is 14.1. The molecule has 0 atom stereocenters. The predicted molar refractivity (Wildman–Crippen MR) is 83.9 cm³/mol. The van der Waals surface area contributed by atoms with Crippen molar-refractivity contribution in [2.45, 2.75) is 29.7 Å². The summed E-state index contributed by atoms with van der Waals surface area (Å²) in [6, 6.07) is 9.73. The van der Waals surface area contributed by atoms with Crippen LogP contribution in [0.4, 0.5) is 8.78 Å². The van der Waals surface area contributed by atoms with E-state index in [0.717, 1.165) is 24.7 Å². The van der Waals surface area contributed by atoms with E-state index >= 15 is 0 Å². The van der Waals surface area contributed by atoms with Crippen molar-refractivity contribution in [2.75, 3.05) is 6.54 Å². The molecule has 0 unspecified atom stereocenters. The van der Waals surface area contributed by atoms with E-state index < -0.39 is 11.6 Å². The van der Waals surface area contributed by atoms with Gasteiger partial charge in [0.25, 0.3) is 0 Å². The largest absolute Gasteiger partial charge is 0.313 e. The number of hydrogen-bond acceptors (Lipinski definition) is 2. The van der Waals surface area contributed by atoms with E-state index in [1.807, 2.05) is 6.92 Å². The van der Waals surface area contributed by atoms with Gasteiger partial charge in [-0.15, -0.1) is 0 Å². The molecular weight excluding hydrogens is 312 g/mol. The third-order valence-electron chi connectivity index (χ3n) is 2.86. The van der Waals surface area contributed by atoms with E-state index in [-0.39, 0.29) is 4.90 Å². The van der Waals surface area contributed by atoms with Crippen molar-refractivity contribution in [3.05, 3.63) is 58.6 Å². The topological polar surface area (TPSA) is 12.0 Å². The highest BCUT2D eigenvalue weighted by Crippen LogP contribution is 2.36. The first-order chi connectivity index (χ1) is 10.1. The Morgan fingerprint density at radius 2 is 1.81 bits per heavy atom. The van der Waals surface area contributed by atoms with E-state index in [1.54, 1.807) is 24.3 Å². The molecule has 0 aliphatic carbocycles. The zero-order valence-electron chi connectivity index (χ0n) is 11.6. The quantitative estimate of drug-likeness (QED) is 0.725. The summed E-state index contributed by atoms with van der Waals surface area (Å²) in [6.07, 6.45) is 0.978. The Bertz CT molecular complexity index is 596. The van der Waals surface area contributed by atoms with Gasteiger partial charge >= 0.3 is 0 Å². The number of nitrogens with one attached hydrogen (secondary N) is 1. The molecule has 0 aromatic heterocycles. The fraction of sp³-hybridized carbons (Fsp3) is 0.250. The summed E-state index contributed by atoms with van der Waals surface area (Å²) in [4.78, 5) is 0.608. The summed E-state index contributed by atoms with van der Waals surface area (Å²) in [5.74, 6) is -1.12. The molecule has 2 aromatic rings. The summed E-state index contributed by atoms with van der Waals surface area (Å²) >= 11 is 7.02. The molecule has 0 heterocycles. The van der Waals surface area contributed by atoms with Crippen LogP contribution in [-0.4, -0.2) is 6.54 Å². The molecule has 1 nitrogen and oxygen atoms in total. The van der Waals surface area contributed by atoms with Crippen molar-refractivity contribution >= 4 is 23.4 Å². The van der Waals surface area contributed by atoms with E-state index in [1.165, 1.54) is 12.1 Å². The van der Waals surface area contributed by atoms with Gasteiger partial charge in [0.1, 0.15) is 11.6 Å². The molecule has 5 heteroatoms. The molecule has 112 valence electrons. The second-order valence-corrected chi connectivity index (χ2v) is 6.06. The van der Waals surface area contributed by atoms with E-state index in [9.17, 15) is 8.78 Å². The number of halogens is 3. The molecular formula is C16H16ClF2NS. The van der Waals surface area contributed by atoms with Crippen LogP contribution in [0.25, 0.3) is 0 Å². The minimum Gasteiger partial charge on any atom is -0.313 e. The van der Waals surface area contributed by atoms with Crippen LogP contribution in [0.15, 0.2) is 46.2 Å². The van der Waals surface area contributed by atoms with Crippen molar-refractivity contribution in [2.24, 2.45) is 0 Å². The molecule has 21 heavy (non-hydrogen) atoms. The lowest BCUT2D eigenvalue weighted by molar-refractivity contribution is 0.534. The monoisotopic (exact) mass is 327 g/mol. The van der Waals surface area contributed by atoms with Gasteiger partial charge in [-0.1, -0.05) is 42.4 Å². The van der Waals surface area contributed by atoms with Crippen LogP contribution in [-0.2, 0) is 6.54 Å². The van der Waals surface area contributed by atoms with Crippen molar-refractivity contribution < 1.29 is 8.78 Å². The first kappa shape index (κ1) is 16.3. The van der Waals surface area contributed by atoms with Crippen molar-refractivity contribution in [3.8, 4) is 0 Å². The minimum absolute atomic E-state index is 0.0256. The average molecular weight is 328 g/mol. The zero-order chi connectivity index (χ0) is 15.2. The van der Waals surface area contributed by atoms with E-state index in [2.05, 4.69) is 5.32 Å². The fourth-order valence-electron chi connectivity index (χ4n) is 1.86. The third-order valence-corrected chi connectivity index (χ3v) is 4.47. The van der Waals surface area contributed by atoms with Crippen LogP contribution in [0.1, 0.15) is 18.9 Å². The van der Waals surface area contributed by atoms with Gasteiger partial charge in [0.2, 0.25) is 0 Å². The molecule has 0 spiro atoms. The lowest BCUT2D eigenvalue weighted by Crippen LogP contribution is -2.14. The van der Waals surface area contributed by atoms with Gasteiger partial charge in [-0.2, -0.15) is 0 Å². The Labute approximate surface area is 132 Å². The fourth-order valence-corrected chi connectivity index (χ4v) is 2.96. The number of rotatable bonds is 6. The zero-order valence-corrected chi connectivity index (χ0v) is 13.2. The maximum absolute atomic E-state index is 14.1. The summed E-state index contributed by atoms with van der Waals surface area (Å²) in [5.41, 5.74) is 0.599. The second-order valence-electron chi connectivity index (χ2n) is 4.60. The van der Waals surface area contributed by atoms with Gasteiger partial charge in [-0.25, -0.2) is 8.78 Å². The number of benzene rings is 2. The van der Waals surface area contributed by atoms with Gasteiger partial charge in [0.05, 0.1) is 9.92 Å². The molecule has 1 N–H and O–H groups in total. The van der Waals surface area contributed by atoms with E-state index in [4.69, 9.17) is 11.6 Å². The van der Waals surface area contributed by atoms with Crippen LogP contribution in [0.2, 0.25) is 5.02 Å². The highest BCUT2D eigenvalue weighted by Gasteiger charge is 2.14. The molecule has 0 aliphatic rings. The Morgan fingerprint density at radius 1 is 1.14 bits per heavy atom. The van der Waals surface area contributed by atoms with Crippen LogP contribution in [0.3, 0.4) is 0 Å². The van der Waals surface area contributed by atoms with Crippen molar-refractivity contribution in [1.82, 2.24) is 5.32 Å². The van der Waals surface area contributed by atoms with Crippen LogP contribution in [0.5, 0.6) is 0 Å². The van der Waals surface area contributed by atoms with Gasteiger partial charge in [-0.3, -0.25) is 0 Å². The maximum Gasteiger partial charge on any atom is 0.140 e. The average Bonchev–Trinajstić information content (AvgIpc) is 2.45. The molecule has 0 saturated carbocycles. The van der Waals surface area contributed by atoms with Gasteiger partial charge < -0.3 is 5.32 Å². The predicted octanol–water partition coefficient (Wildman–Crippen LogP) is 5.27. The lowest BCUT2D eigenvalue weighted by Gasteiger charge is -2.09. The molecule has 2 rings (SSSR count). The van der Waals surface area contributed by atoms with Crippen LogP contribution < -0.4 is 5.32 Å². The summed E-state index contributed by atoms with van der Waals surface area (Å²) in [6.45, 7) is 3.32. The molecule has 2 aromatic carbocycles. The molecule has 0 saturated heterocycles. The van der Waals surface area contributed by atoms with E-state index in [0.29, 0.717) is 22.0 Å². The smallest absolute Gasteiger partial charge is 0.140 e. The Kier molecular flexibility index (Phi) is 6.03. The lowest BCUT2D eigenvalue weighted by atomic mass is 10.2. The van der Waals surface area contributed by atoms with Gasteiger partial charge in [-0.05, 0) is 42.8 Å². The second kappa shape index (κ2) is 7.78. The summed E-state index contributed by atoms with van der Waals surface area (Å²) < 4.78 is 28.2. The Hall–Kier alpha value is -1.10. The third kappa shape index (κ3) is 4.43. The summed E-state index contributed by atoms with van der Waals surface area (Å²) in [7, 11) is 0. The molecule has 0 amide bonds. The first-order valence-electron chi connectivity index (χ1n) is 6.73. The van der Waals surface area contributed by atoms with Gasteiger partial charge in [0, 0.05) is 11.4 Å². The summed E-state index contributed by atoms with van der Waals surface area (Å²) in [5, 5.41) is 3.60. The normalized spacial score (nSPS) is 10.9. The molecule has 0 aliphatic heterocycles.